The molecular formula is C21H23N5S. The molecule has 0 radical (unpaired) electrons. The third-order valence-corrected chi connectivity index (χ3v) is 5.25. The number of aromatic nitrogens is 3. The van der Waals surface area contributed by atoms with Gasteiger partial charge in [-0.25, -0.2) is 0 Å². The molecule has 0 spiro atoms. The van der Waals surface area contributed by atoms with E-state index in [4.69, 9.17) is 12.2 Å². The normalized spacial score (nSPS) is 19.5. The first-order valence-electron chi connectivity index (χ1n) is 9.20. The van der Waals surface area contributed by atoms with Gasteiger partial charge in [0.2, 0.25) is 0 Å². The standard InChI is InChI=1S/C21H23N5S/c1-15(2)26-20(19(24-21(26)27)17-9-4-6-12-23-17)18-10-7-13-25(18)14-16-8-3-5-11-22-16/h3-13,15,19-20H,14H2,1-2H3,(H,24,27)/t19-,20+/m1/s1. The van der Waals surface area contributed by atoms with Crippen LogP contribution < -0.4 is 5.32 Å². The van der Waals surface area contributed by atoms with E-state index in [-0.39, 0.29) is 18.1 Å². The first kappa shape index (κ1) is 17.7. The van der Waals surface area contributed by atoms with Gasteiger partial charge in [-0.1, -0.05) is 12.1 Å². The largest absolute Gasteiger partial charge is 0.352 e. The van der Waals surface area contributed by atoms with Gasteiger partial charge >= 0.3 is 0 Å². The highest BCUT2D eigenvalue weighted by Gasteiger charge is 2.42. The maximum atomic E-state index is 5.68. The summed E-state index contributed by atoms with van der Waals surface area (Å²) >= 11 is 5.68. The Labute approximate surface area is 165 Å². The summed E-state index contributed by atoms with van der Waals surface area (Å²) < 4.78 is 2.26. The SMILES string of the molecule is CC(C)N1C(=S)N[C@H](c2ccccn2)[C@@H]1c1cccn1Cc1ccccn1. The second-order valence-corrected chi connectivity index (χ2v) is 7.40. The van der Waals surface area contributed by atoms with Gasteiger partial charge in [-0.15, -0.1) is 0 Å². The van der Waals surface area contributed by atoms with Gasteiger partial charge in [-0.3, -0.25) is 9.97 Å². The highest BCUT2D eigenvalue weighted by molar-refractivity contribution is 7.80. The quantitative estimate of drug-likeness (QED) is 0.687. The van der Waals surface area contributed by atoms with Crippen molar-refractivity contribution in [1.29, 1.82) is 0 Å². The van der Waals surface area contributed by atoms with Crippen molar-refractivity contribution in [3.63, 3.8) is 0 Å². The molecule has 27 heavy (non-hydrogen) atoms. The first-order chi connectivity index (χ1) is 13.1. The lowest BCUT2D eigenvalue weighted by molar-refractivity contribution is 0.259. The molecule has 4 heterocycles. The monoisotopic (exact) mass is 377 g/mol. The fraction of sp³-hybridized carbons (Fsp3) is 0.286. The fourth-order valence-corrected chi connectivity index (χ4v) is 4.20. The Morgan fingerprint density at radius 1 is 1.04 bits per heavy atom. The molecule has 0 bridgehead atoms. The van der Waals surface area contributed by atoms with Crippen molar-refractivity contribution in [3.05, 3.63) is 84.2 Å². The Kier molecular flexibility index (Phi) is 4.90. The van der Waals surface area contributed by atoms with Crippen LogP contribution >= 0.6 is 12.2 Å². The minimum Gasteiger partial charge on any atom is -0.352 e. The minimum atomic E-state index is 0.0125. The van der Waals surface area contributed by atoms with Crippen LogP contribution in [0.3, 0.4) is 0 Å². The lowest BCUT2D eigenvalue weighted by Crippen LogP contribution is -2.36. The van der Waals surface area contributed by atoms with E-state index < -0.39 is 0 Å². The zero-order chi connectivity index (χ0) is 18.8. The fourth-order valence-electron chi connectivity index (χ4n) is 3.74. The number of hydrogen-bond acceptors (Lipinski definition) is 3. The molecule has 0 saturated carbocycles. The van der Waals surface area contributed by atoms with Crippen molar-refractivity contribution >= 4 is 17.3 Å². The van der Waals surface area contributed by atoms with Crippen molar-refractivity contribution in [1.82, 2.24) is 24.8 Å². The third kappa shape index (κ3) is 3.45. The molecule has 1 saturated heterocycles. The smallest absolute Gasteiger partial charge is 0.170 e. The van der Waals surface area contributed by atoms with Crippen molar-refractivity contribution in [3.8, 4) is 0 Å². The number of hydrogen-bond donors (Lipinski definition) is 1. The van der Waals surface area contributed by atoms with Gasteiger partial charge < -0.3 is 14.8 Å². The molecule has 0 aromatic carbocycles. The van der Waals surface area contributed by atoms with E-state index in [9.17, 15) is 0 Å². The maximum Gasteiger partial charge on any atom is 0.170 e. The van der Waals surface area contributed by atoms with Crippen LogP contribution in [0.5, 0.6) is 0 Å². The van der Waals surface area contributed by atoms with Crippen LogP contribution in [0, 0.1) is 0 Å². The highest BCUT2D eigenvalue weighted by Crippen LogP contribution is 2.39. The molecule has 6 heteroatoms. The van der Waals surface area contributed by atoms with Crippen LogP contribution in [0.4, 0.5) is 0 Å². The molecular weight excluding hydrogens is 354 g/mol. The average molecular weight is 378 g/mol. The van der Waals surface area contributed by atoms with Gasteiger partial charge in [0.25, 0.3) is 0 Å². The molecule has 1 N–H and O–H groups in total. The van der Waals surface area contributed by atoms with Gasteiger partial charge in [0.05, 0.1) is 30.0 Å². The van der Waals surface area contributed by atoms with E-state index in [2.05, 4.69) is 69.1 Å². The second-order valence-electron chi connectivity index (χ2n) is 7.01. The second kappa shape index (κ2) is 7.48. The molecule has 0 unspecified atom stereocenters. The van der Waals surface area contributed by atoms with Gasteiger partial charge in [0.15, 0.2) is 5.11 Å². The van der Waals surface area contributed by atoms with Gasteiger partial charge in [0.1, 0.15) is 0 Å². The van der Waals surface area contributed by atoms with E-state index >= 15 is 0 Å². The van der Waals surface area contributed by atoms with Crippen LogP contribution in [0.25, 0.3) is 0 Å². The number of nitrogens with zero attached hydrogens (tertiary/aromatic N) is 4. The predicted octanol–water partition coefficient (Wildman–Crippen LogP) is 3.71. The zero-order valence-electron chi connectivity index (χ0n) is 15.5. The van der Waals surface area contributed by atoms with Crippen LogP contribution in [-0.2, 0) is 6.54 Å². The number of rotatable bonds is 5. The van der Waals surface area contributed by atoms with Crippen molar-refractivity contribution in [2.75, 3.05) is 0 Å². The summed E-state index contributed by atoms with van der Waals surface area (Å²) in [6, 6.07) is 16.7. The number of pyridine rings is 2. The Morgan fingerprint density at radius 3 is 2.48 bits per heavy atom. The summed E-state index contributed by atoms with van der Waals surface area (Å²) in [4.78, 5) is 11.3. The Hall–Kier alpha value is -2.73. The summed E-state index contributed by atoms with van der Waals surface area (Å²) in [6.07, 6.45) is 5.78. The molecule has 1 aliphatic rings. The topological polar surface area (TPSA) is 46.0 Å². The molecule has 2 atom stereocenters. The molecule has 3 aromatic heterocycles. The average Bonchev–Trinajstić information content (AvgIpc) is 3.27. The molecule has 0 aliphatic carbocycles. The van der Waals surface area contributed by atoms with Crippen LogP contribution in [0.2, 0.25) is 0 Å². The molecule has 1 fully saturated rings. The Bertz CT molecular complexity index is 907. The Balaban J connectivity index is 1.74. The minimum absolute atomic E-state index is 0.0125. The van der Waals surface area contributed by atoms with Crippen molar-refractivity contribution in [2.24, 2.45) is 0 Å². The van der Waals surface area contributed by atoms with Crippen LogP contribution in [-0.4, -0.2) is 30.6 Å². The lowest BCUT2D eigenvalue weighted by atomic mass is 10.0. The predicted molar refractivity (Wildman–Crippen MR) is 110 cm³/mol. The van der Waals surface area contributed by atoms with Crippen LogP contribution in [0.15, 0.2) is 67.1 Å². The van der Waals surface area contributed by atoms with Crippen molar-refractivity contribution < 1.29 is 0 Å². The molecule has 138 valence electrons. The number of nitrogens with one attached hydrogen (secondary N) is 1. The van der Waals surface area contributed by atoms with Crippen LogP contribution in [0.1, 0.15) is 43.0 Å². The third-order valence-electron chi connectivity index (χ3n) is 4.92. The van der Waals surface area contributed by atoms with Crippen molar-refractivity contribution in [2.45, 2.75) is 38.5 Å². The number of thiocarbonyl (C=S) groups is 1. The maximum absolute atomic E-state index is 5.68. The zero-order valence-corrected chi connectivity index (χ0v) is 16.3. The summed E-state index contributed by atoms with van der Waals surface area (Å²) in [6.45, 7) is 5.08. The first-order valence-corrected chi connectivity index (χ1v) is 9.60. The van der Waals surface area contributed by atoms with E-state index in [0.29, 0.717) is 0 Å². The molecule has 1 aliphatic heterocycles. The summed E-state index contributed by atoms with van der Waals surface area (Å²) in [7, 11) is 0. The van der Waals surface area contributed by atoms with E-state index in [0.717, 1.165) is 23.0 Å². The summed E-state index contributed by atoms with van der Waals surface area (Å²) in [5, 5.41) is 4.27. The lowest BCUT2D eigenvalue weighted by Gasteiger charge is -2.31. The summed E-state index contributed by atoms with van der Waals surface area (Å²) in [5.74, 6) is 0. The van der Waals surface area contributed by atoms with E-state index in [1.807, 2.05) is 36.7 Å². The van der Waals surface area contributed by atoms with Gasteiger partial charge in [0, 0.05) is 30.3 Å². The molecule has 4 rings (SSSR count). The Morgan fingerprint density at radius 2 is 1.81 bits per heavy atom. The van der Waals surface area contributed by atoms with Gasteiger partial charge in [-0.05, 0) is 62.5 Å². The highest BCUT2D eigenvalue weighted by atomic mass is 32.1. The molecule has 3 aromatic rings. The summed E-state index contributed by atoms with van der Waals surface area (Å²) in [5.41, 5.74) is 3.24. The van der Waals surface area contributed by atoms with E-state index in [1.54, 1.807) is 0 Å². The molecule has 5 nitrogen and oxygen atoms in total. The van der Waals surface area contributed by atoms with Gasteiger partial charge in [-0.2, -0.15) is 0 Å². The van der Waals surface area contributed by atoms with E-state index in [1.165, 1.54) is 5.69 Å². The molecule has 0 amide bonds.